The molecule has 1 aromatic heterocycles. The van der Waals surface area contributed by atoms with Crippen LogP contribution in [0.3, 0.4) is 0 Å². The zero-order valence-corrected chi connectivity index (χ0v) is 9.47. The Morgan fingerprint density at radius 3 is 2.59 bits per heavy atom. The van der Waals surface area contributed by atoms with Crippen LogP contribution in [0.25, 0.3) is 11.1 Å². The monoisotopic (exact) mass is 226 g/mol. The first-order valence-electron chi connectivity index (χ1n) is 5.55. The van der Waals surface area contributed by atoms with Crippen molar-refractivity contribution < 1.29 is 4.79 Å². The molecule has 3 nitrogen and oxygen atoms in total. The number of carbonyl (C=O) groups is 1. The summed E-state index contributed by atoms with van der Waals surface area (Å²) in [6.07, 6.45) is 2.65. The van der Waals surface area contributed by atoms with E-state index < -0.39 is 0 Å². The van der Waals surface area contributed by atoms with Gasteiger partial charge in [-0.2, -0.15) is 0 Å². The maximum atomic E-state index is 10.8. The summed E-state index contributed by atoms with van der Waals surface area (Å²) in [5.74, 6) is -0.297. The van der Waals surface area contributed by atoms with Crippen molar-refractivity contribution in [3.05, 3.63) is 54.4 Å². The number of aromatic nitrogens is 1. The van der Waals surface area contributed by atoms with Crippen LogP contribution in [0.2, 0.25) is 0 Å². The van der Waals surface area contributed by atoms with Crippen molar-refractivity contribution in [1.29, 1.82) is 0 Å². The van der Waals surface area contributed by atoms with Gasteiger partial charge in [-0.05, 0) is 18.1 Å². The third-order valence-corrected chi connectivity index (χ3v) is 2.58. The van der Waals surface area contributed by atoms with Crippen molar-refractivity contribution >= 4 is 5.91 Å². The first kappa shape index (κ1) is 11.3. The second-order valence-corrected chi connectivity index (χ2v) is 3.83. The molecule has 0 aliphatic heterocycles. The number of benzene rings is 1. The van der Waals surface area contributed by atoms with E-state index in [4.69, 9.17) is 5.73 Å². The molecule has 3 heteroatoms. The number of nitrogens with zero attached hydrogens (tertiary/aromatic N) is 1. The van der Waals surface area contributed by atoms with Gasteiger partial charge in [0.05, 0.1) is 0 Å². The van der Waals surface area contributed by atoms with E-state index in [1.54, 1.807) is 6.20 Å². The van der Waals surface area contributed by atoms with Gasteiger partial charge in [-0.1, -0.05) is 36.4 Å². The van der Waals surface area contributed by atoms with Gasteiger partial charge in [0.2, 0.25) is 5.91 Å². The molecule has 0 fully saturated rings. The summed E-state index contributed by atoms with van der Waals surface area (Å²) in [4.78, 5) is 15.1. The van der Waals surface area contributed by atoms with Crippen LogP contribution in [0.15, 0.2) is 48.7 Å². The van der Waals surface area contributed by atoms with Crippen molar-refractivity contribution in [3.63, 3.8) is 0 Å². The first-order chi connectivity index (χ1) is 8.27. The largest absolute Gasteiger partial charge is 0.370 e. The molecule has 1 aromatic carbocycles. The smallest absolute Gasteiger partial charge is 0.217 e. The number of nitrogens with two attached hydrogens (primary N) is 1. The predicted octanol–water partition coefficient (Wildman–Crippen LogP) is 2.17. The lowest BCUT2D eigenvalue weighted by atomic mass is 10.0. The van der Waals surface area contributed by atoms with Crippen LogP contribution in [0.5, 0.6) is 0 Å². The molecule has 2 N–H and O–H groups in total. The molecule has 1 heterocycles. The van der Waals surface area contributed by atoms with Gasteiger partial charge >= 0.3 is 0 Å². The summed E-state index contributed by atoms with van der Waals surface area (Å²) in [6.45, 7) is 0. The topological polar surface area (TPSA) is 56.0 Å². The normalized spacial score (nSPS) is 10.1. The van der Waals surface area contributed by atoms with Gasteiger partial charge in [-0.15, -0.1) is 0 Å². The SMILES string of the molecule is NC(=O)CCc1ncccc1-c1ccccc1. The highest BCUT2D eigenvalue weighted by molar-refractivity contribution is 5.74. The Labute approximate surface area is 100 Å². The lowest BCUT2D eigenvalue weighted by Gasteiger charge is -2.07. The highest BCUT2D eigenvalue weighted by atomic mass is 16.1. The number of rotatable bonds is 4. The Balaban J connectivity index is 2.31. The summed E-state index contributed by atoms with van der Waals surface area (Å²) in [6, 6.07) is 13.9. The molecule has 0 aliphatic carbocycles. The molecule has 0 unspecified atom stereocenters. The third-order valence-electron chi connectivity index (χ3n) is 2.58. The van der Waals surface area contributed by atoms with Gasteiger partial charge in [-0.3, -0.25) is 9.78 Å². The maximum absolute atomic E-state index is 10.8. The van der Waals surface area contributed by atoms with E-state index in [1.807, 2.05) is 42.5 Å². The van der Waals surface area contributed by atoms with E-state index in [-0.39, 0.29) is 5.91 Å². The van der Waals surface area contributed by atoms with E-state index in [0.717, 1.165) is 16.8 Å². The summed E-state index contributed by atoms with van der Waals surface area (Å²) in [5.41, 5.74) is 8.25. The highest BCUT2D eigenvalue weighted by Crippen LogP contribution is 2.22. The number of carbonyl (C=O) groups excluding carboxylic acids is 1. The van der Waals surface area contributed by atoms with Crippen LogP contribution >= 0.6 is 0 Å². The lowest BCUT2D eigenvalue weighted by Crippen LogP contribution is -2.12. The van der Waals surface area contributed by atoms with Crippen LogP contribution in [0.1, 0.15) is 12.1 Å². The Hall–Kier alpha value is -2.16. The maximum Gasteiger partial charge on any atom is 0.217 e. The fourth-order valence-corrected chi connectivity index (χ4v) is 1.76. The molecule has 1 amide bonds. The minimum absolute atomic E-state index is 0.297. The number of hydrogen-bond acceptors (Lipinski definition) is 2. The molecule has 0 saturated heterocycles. The van der Waals surface area contributed by atoms with Crippen LogP contribution in [-0.4, -0.2) is 10.9 Å². The highest BCUT2D eigenvalue weighted by Gasteiger charge is 2.06. The first-order valence-corrected chi connectivity index (χ1v) is 5.55. The van der Waals surface area contributed by atoms with E-state index in [0.29, 0.717) is 12.8 Å². The Bertz CT molecular complexity index is 509. The quantitative estimate of drug-likeness (QED) is 0.868. The predicted molar refractivity (Wildman–Crippen MR) is 67.2 cm³/mol. The van der Waals surface area contributed by atoms with Crippen molar-refractivity contribution in [2.24, 2.45) is 5.73 Å². The van der Waals surface area contributed by atoms with Crippen LogP contribution in [-0.2, 0) is 11.2 Å². The summed E-state index contributed by atoms with van der Waals surface area (Å²) >= 11 is 0. The van der Waals surface area contributed by atoms with E-state index >= 15 is 0 Å². The fraction of sp³-hybridized carbons (Fsp3) is 0.143. The van der Waals surface area contributed by atoms with E-state index in [1.165, 1.54) is 0 Å². The Kier molecular flexibility index (Phi) is 3.50. The van der Waals surface area contributed by atoms with Crippen molar-refractivity contribution in [2.75, 3.05) is 0 Å². The molecule has 0 radical (unpaired) electrons. The van der Waals surface area contributed by atoms with Crippen LogP contribution in [0, 0.1) is 0 Å². The summed E-state index contributed by atoms with van der Waals surface area (Å²) in [7, 11) is 0. The van der Waals surface area contributed by atoms with Gasteiger partial charge < -0.3 is 5.73 Å². The molecular formula is C14H14N2O. The molecule has 0 bridgehead atoms. The molecule has 86 valence electrons. The lowest BCUT2D eigenvalue weighted by molar-refractivity contribution is -0.118. The summed E-state index contributed by atoms with van der Waals surface area (Å²) in [5, 5.41) is 0. The third kappa shape index (κ3) is 2.91. The Morgan fingerprint density at radius 1 is 1.12 bits per heavy atom. The molecular weight excluding hydrogens is 212 g/mol. The van der Waals surface area contributed by atoms with Crippen molar-refractivity contribution in [3.8, 4) is 11.1 Å². The number of pyridine rings is 1. The summed E-state index contributed by atoms with van der Waals surface area (Å²) < 4.78 is 0. The van der Waals surface area contributed by atoms with Gasteiger partial charge in [0.1, 0.15) is 0 Å². The zero-order chi connectivity index (χ0) is 12.1. The molecule has 0 atom stereocenters. The van der Waals surface area contributed by atoms with Gasteiger partial charge in [0.25, 0.3) is 0 Å². The number of hydrogen-bond donors (Lipinski definition) is 1. The van der Waals surface area contributed by atoms with E-state index in [9.17, 15) is 4.79 Å². The average molecular weight is 226 g/mol. The van der Waals surface area contributed by atoms with Crippen LogP contribution < -0.4 is 5.73 Å². The van der Waals surface area contributed by atoms with Gasteiger partial charge in [0, 0.05) is 23.9 Å². The second-order valence-electron chi connectivity index (χ2n) is 3.83. The van der Waals surface area contributed by atoms with Gasteiger partial charge in [-0.25, -0.2) is 0 Å². The molecule has 0 saturated carbocycles. The standard InChI is InChI=1S/C14H14N2O/c15-14(17)9-8-13-12(7-4-10-16-13)11-5-2-1-3-6-11/h1-7,10H,8-9H2,(H2,15,17). The van der Waals surface area contributed by atoms with Crippen molar-refractivity contribution in [2.45, 2.75) is 12.8 Å². The number of amides is 1. The van der Waals surface area contributed by atoms with Gasteiger partial charge in [0.15, 0.2) is 0 Å². The number of aryl methyl sites for hydroxylation is 1. The fourth-order valence-electron chi connectivity index (χ4n) is 1.76. The Morgan fingerprint density at radius 2 is 1.88 bits per heavy atom. The second kappa shape index (κ2) is 5.25. The molecule has 17 heavy (non-hydrogen) atoms. The minimum Gasteiger partial charge on any atom is -0.370 e. The zero-order valence-electron chi connectivity index (χ0n) is 9.47. The molecule has 2 rings (SSSR count). The van der Waals surface area contributed by atoms with Crippen molar-refractivity contribution in [1.82, 2.24) is 4.98 Å². The van der Waals surface area contributed by atoms with Crippen LogP contribution in [0.4, 0.5) is 0 Å². The van der Waals surface area contributed by atoms with E-state index in [2.05, 4.69) is 4.98 Å². The molecule has 0 spiro atoms. The number of primary amides is 1. The average Bonchev–Trinajstić information content (AvgIpc) is 2.38. The molecule has 0 aliphatic rings. The minimum atomic E-state index is -0.297. The molecule has 2 aromatic rings.